The highest BCUT2D eigenvalue weighted by Crippen LogP contribution is 2.21. The highest BCUT2D eigenvalue weighted by atomic mass is 19.1. The third-order valence-corrected chi connectivity index (χ3v) is 5.87. The van der Waals surface area contributed by atoms with Gasteiger partial charge in [0.15, 0.2) is 0 Å². The van der Waals surface area contributed by atoms with E-state index in [1.54, 1.807) is 19.1 Å². The number of nitrogens with one attached hydrogen (secondary N) is 1. The van der Waals surface area contributed by atoms with Gasteiger partial charge in [-0.15, -0.1) is 0 Å². The van der Waals surface area contributed by atoms with E-state index in [2.05, 4.69) is 29.0 Å². The quantitative estimate of drug-likeness (QED) is 0.818. The third-order valence-electron chi connectivity index (χ3n) is 5.87. The molecule has 2 atom stereocenters. The maximum absolute atomic E-state index is 13.6. The molecule has 2 saturated heterocycles. The number of likely N-dealkylation sites (tertiary alicyclic amines) is 1. The summed E-state index contributed by atoms with van der Waals surface area (Å²) in [6, 6.07) is 4.71. The minimum absolute atomic E-state index is 0.144. The molecule has 3 rings (SSSR count). The Balaban J connectivity index is 1.40. The number of aryl methyl sites for hydroxylation is 1. The van der Waals surface area contributed by atoms with Crippen LogP contribution in [0.1, 0.15) is 25.8 Å². The topological polar surface area (TPSA) is 55.9 Å². The monoisotopic (exact) mass is 404 g/mol. The van der Waals surface area contributed by atoms with Crippen LogP contribution in [0.25, 0.3) is 0 Å². The first-order chi connectivity index (χ1) is 13.8. The summed E-state index contributed by atoms with van der Waals surface area (Å²) in [5, 5.41) is 2.76. The van der Waals surface area contributed by atoms with E-state index in [4.69, 9.17) is 0 Å². The lowest BCUT2D eigenvalue weighted by Gasteiger charge is -2.38. The Morgan fingerprint density at radius 2 is 1.62 bits per heavy atom. The van der Waals surface area contributed by atoms with Gasteiger partial charge in [-0.3, -0.25) is 19.4 Å². The molecule has 7 heteroatoms. The molecular weight excluding hydrogens is 371 g/mol. The second-order valence-electron chi connectivity index (χ2n) is 8.81. The molecule has 0 aromatic heterocycles. The van der Waals surface area contributed by atoms with E-state index in [-0.39, 0.29) is 24.2 Å². The molecule has 0 bridgehead atoms. The predicted molar refractivity (Wildman–Crippen MR) is 112 cm³/mol. The van der Waals surface area contributed by atoms with Crippen LogP contribution in [0.4, 0.5) is 10.1 Å². The van der Waals surface area contributed by atoms with Crippen molar-refractivity contribution >= 4 is 17.5 Å². The number of benzene rings is 1. The molecule has 2 aliphatic rings. The first kappa shape index (κ1) is 21.7. The number of carbonyl (C=O) groups is 2. The normalized spacial score (nSPS) is 23.8. The summed E-state index contributed by atoms with van der Waals surface area (Å²) in [7, 11) is 0. The number of halogens is 1. The summed E-state index contributed by atoms with van der Waals surface area (Å²) in [6.07, 6.45) is 1.19. The van der Waals surface area contributed by atoms with Crippen LogP contribution in [0.15, 0.2) is 18.2 Å². The highest BCUT2D eigenvalue weighted by Gasteiger charge is 2.27. The maximum atomic E-state index is 13.6. The summed E-state index contributed by atoms with van der Waals surface area (Å²) in [4.78, 5) is 31.2. The van der Waals surface area contributed by atoms with Gasteiger partial charge in [0, 0.05) is 45.0 Å². The lowest BCUT2D eigenvalue weighted by atomic mass is 9.92. The van der Waals surface area contributed by atoms with Gasteiger partial charge in [-0.25, -0.2) is 4.39 Å². The van der Waals surface area contributed by atoms with Crippen molar-refractivity contribution in [3.63, 3.8) is 0 Å². The number of anilines is 1. The second-order valence-corrected chi connectivity index (χ2v) is 8.81. The Morgan fingerprint density at radius 1 is 1.03 bits per heavy atom. The fourth-order valence-corrected chi connectivity index (χ4v) is 4.34. The summed E-state index contributed by atoms with van der Waals surface area (Å²) in [5.41, 5.74) is 1.04. The lowest BCUT2D eigenvalue weighted by Crippen LogP contribution is -2.52. The first-order valence-electron chi connectivity index (χ1n) is 10.6. The van der Waals surface area contributed by atoms with E-state index < -0.39 is 0 Å². The molecule has 1 aromatic rings. The molecule has 160 valence electrons. The lowest BCUT2D eigenvalue weighted by molar-refractivity contribution is -0.135. The first-order valence-corrected chi connectivity index (χ1v) is 10.6. The predicted octanol–water partition coefficient (Wildman–Crippen LogP) is 2.19. The van der Waals surface area contributed by atoms with Gasteiger partial charge in [0.2, 0.25) is 11.8 Å². The summed E-state index contributed by atoms with van der Waals surface area (Å²) < 4.78 is 13.6. The molecule has 0 spiro atoms. The fourth-order valence-electron chi connectivity index (χ4n) is 4.34. The second kappa shape index (κ2) is 9.67. The van der Waals surface area contributed by atoms with Gasteiger partial charge in [-0.05, 0) is 42.9 Å². The van der Waals surface area contributed by atoms with E-state index in [0.29, 0.717) is 29.6 Å². The van der Waals surface area contributed by atoms with Crippen molar-refractivity contribution in [2.24, 2.45) is 11.8 Å². The minimum atomic E-state index is -0.321. The fraction of sp³-hybridized carbons (Fsp3) is 0.636. The molecule has 2 heterocycles. The maximum Gasteiger partial charge on any atom is 0.238 e. The number of amides is 2. The van der Waals surface area contributed by atoms with Gasteiger partial charge in [-0.1, -0.05) is 19.9 Å². The molecule has 2 amide bonds. The van der Waals surface area contributed by atoms with Crippen molar-refractivity contribution in [3.05, 3.63) is 29.6 Å². The van der Waals surface area contributed by atoms with Crippen molar-refractivity contribution in [3.8, 4) is 0 Å². The molecule has 0 saturated carbocycles. The van der Waals surface area contributed by atoms with Gasteiger partial charge < -0.3 is 10.2 Å². The van der Waals surface area contributed by atoms with Crippen LogP contribution in [0.5, 0.6) is 0 Å². The average Bonchev–Trinajstić information content (AvgIpc) is 2.65. The van der Waals surface area contributed by atoms with E-state index in [0.717, 1.165) is 39.3 Å². The molecule has 0 radical (unpaired) electrons. The molecule has 1 aromatic carbocycles. The standard InChI is InChI=1S/C22H33FN4O2/c1-16-10-17(2)13-27(12-16)22(29)15-26-8-6-25(7-9-26)14-21(28)24-19-5-4-18(3)20(23)11-19/h4-5,11,16-17H,6-10,12-15H2,1-3H3,(H,24,28). The Morgan fingerprint density at radius 3 is 2.21 bits per heavy atom. The van der Waals surface area contributed by atoms with Crippen molar-refractivity contribution in [1.29, 1.82) is 0 Å². The Labute approximate surface area is 173 Å². The Kier molecular flexibility index (Phi) is 7.24. The number of hydrogen-bond donors (Lipinski definition) is 1. The van der Waals surface area contributed by atoms with Gasteiger partial charge >= 0.3 is 0 Å². The molecule has 1 N–H and O–H groups in total. The van der Waals surface area contributed by atoms with Crippen molar-refractivity contribution < 1.29 is 14.0 Å². The largest absolute Gasteiger partial charge is 0.341 e. The minimum Gasteiger partial charge on any atom is -0.341 e. The van der Waals surface area contributed by atoms with Crippen LogP contribution < -0.4 is 5.32 Å². The SMILES string of the molecule is Cc1ccc(NC(=O)CN2CCN(CC(=O)N3CC(C)CC(C)C3)CC2)cc1F. The zero-order valence-corrected chi connectivity index (χ0v) is 17.8. The Bertz CT molecular complexity index is 724. The van der Waals surface area contributed by atoms with E-state index in [1.165, 1.54) is 12.5 Å². The summed E-state index contributed by atoms with van der Waals surface area (Å²) in [5.74, 6) is 0.892. The molecule has 29 heavy (non-hydrogen) atoms. The van der Waals surface area contributed by atoms with Crippen LogP contribution in [0, 0.1) is 24.6 Å². The van der Waals surface area contributed by atoms with Crippen LogP contribution in [-0.2, 0) is 9.59 Å². The zero-order chi connectivity index (χ0) is 21.0. The molecular formula is C22H33FN4O2. The molecule has 2 fully saturated rings. The van der Waals surface area contributed by atoms with E-state index in [1.807, 2.05) is 4.90 Å². The van der Waals surface area contributed by atoms with Crippen molar-refractivity contribution in [1.82, 2.24) is 14.7 Å². The number of nitrogens with zero attached hydrogens (tertiary/aromatic N) is 3. The molecule has 6 nitrogen and oxygen atoms in total. The Hall–Kier alpha value is -1.99. The van der Waals surface area contributed by atoms with Crippen LogP contribution in [0.2, 0.25) is 0 Å². The van der Waals surface area contributed by atoms with Gasteiger partial charge in [0.05, 0.1) is 13.1 Å². The number of piperidine rings is 1. The van der Waals surface area contributed by atoms with E-state index in [9.17, 15) is 14.0 Å². The molecule has 0 aliphatic carbocycles. The third kappa shape index (κ3) is 6.24. The zero-order valence-electron chi connectivity index (χ0n) is 17.8. The van der Waals surface area contributed by atoms with Crippen molar-refractivity contribution in [2.45, 2.75) is 27.2 Å². The summed E-state index contributed by atoms with van der Waals surface area (Å²) in [6.45, 7) is 11.6. The molecule has 2 unspecified atom stereocenters. The van der Waals surface area contributed by atoms with Gasteiger partial charge in [-0.2, -0.15) is 0 Å². The highest BCUT2D eigenvalue weighted by molar-refractivity contribution is 5.92. The van der Waals surface area contributed by atoms with E-state index >= 15 is 0 Å². The smallest absolute Gasteiger partial charge is 0.238 e. The van der Waals surface area contributed by atoms with Crippen LogP contribution in [-0.4, -0.2) is 78.9 Å². The van der Waals surface area contributed by atoms with Gasteiger partial charge in [0.25, 0.3) is 0 Å². The number of carbonyl (C=O) groups excluding carboxylic acids is 2. The van der Waals surface area contributed by atoms with Crippen LogP contribution >= 0.6 is 0 Å². The summed E-state index contributed by atoms with van der Waals surface area (Å²) >= 11 is 0. The van der Waals surface area contributed by atoms with Gasteiger partial charge in [0.1, 0.15) is 5.82 Å². The molecule has 2 aliphatic heterocycles. The van der Waals surface area contributed by atoms with Crippen LogP contribution in [0.3, 0.4) is 0 Å². The average molecular weight is 405 g/mol. The number of rotatable bonds is 5. The van der Waals surface area contributed by atoms with Crippen molar-refractivity contribution in [2.75, 3.05) is 57.7 Å². The number of hydrogen-bond acceptors (Lipinski definition) is 4. The number of piperazine rings is 1.